The van der Waals surface area contributed by atoms with Gasteiger partial charge in [0.05, 0.1) is 12.1 Å². The molecule has 1 fully saturated rings. The van der Waals surface area contributed by atoms with E-state index in [0.29, 0.717) is 18.9 Å². The number of nitrogens with one attached hydrogen (secondary N) is 3. The van der Waals surface area contributed by atoms with Crippen molar-refractivity contribution in [1.29, 1.82) is 0 Å². The van der Waals surface area contributed by atoms with Crippen LogP contribution in [0.25, 0.3) is 0 Å². The third-order valence-electron chi connectivity index (χ3n) is 4.91. The van der Waals surface area contributed by atoms with E-state index in [2.05, 4.69) is 16.0 Å². The highest BCUT2D eigenvalue weighted by Gasteiger charge is 2.35. The number of alkyl halides is 3. The van der Waals surface area contributed by atoms with Crippen molar-refractivity contribution in [2.75, 3.05) is 6.54 Å². The first-order valence-corrected chi connectivity index (χ1v) is 9.22. The first-order chi connectivity index (χ1) is 14.0. The molecule has 0 aromatic heterocycles. The molecule has 0 bridgehead atoms. The average molecular weight is 429 g/mol. The monoisotopic (exact) mass is 429 g/mol. The Hall–Kier alpha value is -3.11. The summed E-state index contributed by atoms with van der Waals surface area (Å²) < 4.78 is 38.2. The van der Waals surface area contributed by atoms with E-state index in [9.17, 15) is 32.3 Å². The largest absolute Gasteiger partial charge is 0.465 e. The highest BCUT2D eigenvalue weighted by Crippen LogP contribution is 2.29. The number of carbonyl (C=O) groups excluding carboxylic acids is 3. The maximum Gasteiger partial charge on any atom is 0.416 e. The Morgan fingerprint density at radius 2 is 1.83 bits per heavy atom. The zero-order valence-corrected chi connectivity index (χ0v) is 16.1. The van der Waals surface area contributed by atoms with Crippen LogP contribution >= 0.6 is 0 Å². The van der Waals surface area contributed by atoms with Crippen molar-refractivity contribution < 1.29 is 37.5 Å². The Morgan fingerprint density at radius 3 is 2.43 bits per heavy atom. The summed E-state index contributed by atoms with van der Waals surface area (Å²) in [4.78, 5) is 46.9. The summed E-state index contributed by atoms with van der Waals surface area (Å²) in [6, 6.07) is 2.90. The summed E-state index contributed by atoms with van der Waals surface area (Å²) in [7, 11) is 0. The van der Waals surface area contributed by atoms with Gasteiger partial charge in [-0.15, -0.1) is 0 Å². The van der Waals surface area contributed by atoms with Crippen LogP contribution in [-0.4, -0.2) is 47.4 Å². The smallest absolute Gasteiger partial charge is 0.416 e. The van der Waals surface area contributed by atoms with Gasteiger partial charge in [-0.25, -0.2) is 4.79 Å². The van der Waals surface area contributed by atoms with Gasteiger partial charge >= 0.3 is 12.3 Å². The van der Waals surface area contributed by atoms with E-state index in [1.165, 1.54) is 13.0 Å². The maximum atomic E-state index is 12.7. The predicted octanol–water partition coefficient (Wildman–Crippen LogP) is 1.95. The van der Waals surface area contributed by atoms with Crippen molar-refractivity contribution in [1.82, 2.24) is 16.0 Å². The van der Waals surface area contributed by atoms with Crippen LogP contribution in [0.15, 0.2) is 24.3 Å². The minimum Gasteiger partial charge on any atom is -0.465 e. The van der Waals surface area contributed by atoms with E-state index in [1.54, 1.807) is 0 Å². The van der Waals surface area contributed by atoms with Gasteiger partial charge in [-0.3, -0.25) is 14.4 Å². The first kappa shape index (κ1) is 23.2. The quantitative estimate of drug-likeness (QED) is 0.550. The minimum absolute atomic E-state index is 0.204. The van der Waals surface area contributed by atoms with Crippen LogP contribution in [0.4, 0.5) is 18.0 Å². The normalized spacial score (nSPS) is 21.4. The molecule has 1 saturated carbocycles. The van der Waals surface area contributed by atoms with Gasteiger partial charge < -0.3 is 21.1 Å². The topological polar surface area (TPSA) is 125 Å². The lowest BCUT2D eigenvalue weighted by molar-refractivity contribution is -0.137. The zero-order chi connectivity index (χ0) is 22.5. The van der Waals surface area contributed by atoms with Gasteiger partial charge in [0.1, 0.15) is 5.78 Å². The number of ketones is 1. The molecule has 0 heterocycles. The standard InChI is InChI=1S/C19H22F3N3O5/c1-10(26)14-8-13(24-18(29)30)5-6-15(14)25-16(27)9-23-17(28)11-3-2-4-12(7-11)19(20,21)22/h2-4,7,13-15,24H,5-6,8-9H2,1H3,(H,23,28)(H,25,27)(H,29,30)/t13-,14+,15+/m1/s1. The fraction of sp³-hybridized carbons (Fsp3) is 0.474. The molecule has 4 N–H and O–H groups in total. The van der Waals surface area contributed by atoms with Gasteiger partial charge in [0.15, 0.2) is 0 Å². The van der Waals surface area contributed by atoms with Crippen LogP contribution in [0.3, 0.4) is 0 Å². The van der Waals surface area contributed by atoms with Gasteiger partial charge in [0.25, 0.3) is 5.91 Å². The minimum atomic E-state index is -4.59. The number of amides is 3. The van der Waals surface area contributed by atoms with Gasteiger partial charge in [-0.1, -0.05) is 6.07 Å². The molecule has 0 saturated heterocycles. The molecule has 8 nitrogen and oxygen atoms in total. The zero-order valence-electron chi connectivity index (χ0n) is 16.1. The Kier molecular flexibility index (Phi) is 7.41. The molecule has 11 heteroatoms. The summed E-state index contributed by atoms with van der Waals surface area (Å²) in [6.07, 6.45) is -4.76. The number of hydrogen-bond donors (Lipinski definition) is 4. The van der Waals surface area contributed by atoms with Crippen molar-refractivity contribution in [3.63, 3.8) is 0 Å². The average Bonchev–Trinajstić information content (AvgIpc) is 2.66. The summed E-state index contributed by atoms with van der Waals surface area (Å²) in [5.41, 5.74) is -1.21. The Balaban J connectivity index is 1.91. The Bertz CT molecular complexity index is 828. The van der Waals surface area contributed by atoms with Crippen molar-refractivity contribution in [2.45, 2.75) is 44.4 Å². The number of Topliss-reactive ketones (excluding diaryl/α,β-unsaturated/α-hetero) is 1. The number of carboxylic acid groups (broad SMARTS) is 1. The molecule has 1 aliphatic rings. The molecule has 0 spiro atoms. The van der Waals surface area contributed by atoms with E-state index in [1.807, 2.05) is 0 Å². The molecule has 30 heavy (non-hydrogen) atoms. The molecule has 1 aromatic rings. The van der Waals surface area contributed by atoms with E-state index in [0.717, 1.165) is 12.1 Å². The van der Waals surface area contributed by atoms with Gasteiger partial charge in [-0.05, 0) is 44.4 Å². The fourth-order valence-electron chi connectivity index (χ4n) is 3.46. The van der Waals surface area contributed by atoms with Crippen molar-refractivity contribution in [2.24, 2.45) is 5.92 Å². The highest BCUT2D eigenvalue weighted by atomic mass is 19.4. The van der Waals surface area contributed by atoms with Gasteiger partial charge in [0, 0.05) is 23.6 Å². The van der Waals surface area contributed by atoms with Crippen molar-refractivity contribution in [3.8, 4) is 0 Å². The third kappa shape index (κ3) is 6.46. The maximum absolute atomic E-state index is 12.7. The fourth-order valence-corrected chi connectivity index (χ4v) is 3.46. The molecule has 1 aliphatic carbocycles. The van der Waals surface area contributed by atoms with Crippen molar-refractivity contribution >= 4 is 23.7 Å². The Morgan fingerprint density at radius 1 is 1.13 bits per heavy atom. The number of halogens is 3. The molecule has 0 unspecified atom stereocenters. The van der Waals surface area contributed by atoms with Gasteiger partial charge in [-0.2, -0.15) is 13.2 Å². The Labute approximate surface area is 170 Å². The first-order valence-electron chi connectivity index (χ1n) is 9.22. The second-order valence-corrected chi connectivity index (χ2v) is 7.11. The molecular weight excluding hydrogens is 407 g/mol. The summed E-state index contributed by atoms with van der Waals surface area (Å²) in [5, 5.41) is 16.0. The van der Waals surface area contributed by atoms with Crippen LogP contribution in [0.5, 0.6) is 0 Å². The number of rotatable bonds is 6. The second-order valence-electron chi connectivity index (χ2n) is 7.11. The SMILES string of the molecule is CC(=O)[C@@H]1C[C@H](NC(=O)O)CC[C@@H]1NC(=O)CNC(=O)c1cccc(C(F)(F)F)c1. The molecule has 1 aromatic carbocycles. The lowest BCUT2D eigenvalue weighted by Gasteiger charge is -2.35. The number of benzene rings is 1. The van der Waals surface area contributed by atoms with Crippen LogP contribution in [0.2, 0.25) is 0 Å². The molecule has 0 radical (unpaired) electrons. The van der Waals surface area contributed by atoms with Crippen LogP contribution in [-0.2, 0) is 15.8 Å². The van der Waals surface area contributed by atoms with Crippen LogP contribution in [0, 0.1) is 5.92 Å². The van der Waals surface area contributed by atoms with E-state index in [-0.39, 0.29) is 17.8 Å². The lowest BCUT2D eigenvalue weighted by Crippen LogP contribution is -2.52. The summed E-state index contributed by atoms with van der Waals surface area (Å²) in [5.74, 6) is -2.23. The highest BCUT2D eigenvalue weighted by molar-refractivity contribution is 5.96. The predicted molar refractivity (Wildman–Crippen MR) is 98.7 cm³/mol. The van der Waals surface area contributed by atoms with E-state index >= 15 is 0 Å². The molecule has 3 atom stereocenters. The third-order valence-corrected chi connectivity index (χ3v) is 4.91. The molecule has 0 aliphatic heterocycles. The molecule has 2 rings (SSSR count). The van der Waals surface area contributed by atoms with E-state index < -0.39 is 54.2 Å². The van der Waals surface area contributed by atoms with Gasteiger partial charge in [0.2, 0.25) is 5.91 Å². The summed E-state index contributed by atoms with van der Waals surface area (Å²) >= 11 is 0. The van der Waals surface area contributed by atoms with E-state index in [4.69, 9.17) is 5.11 Å². The molecular formula is C19H22F3N3O5. The van der Waals surface area contributed by atoms with Crippen LogP contribution in [0.1, 0.15) is 42.1 Å². The molecule has 164 valence electrons. The number of hydrogen-bond acceptors (Lipinski definition) is 4. The molecule has 3 amide bonds. The number of carbonyl (C=O) groups is 4. The van der Waals surface area contributed by atoms with Crippen LogP contribution < -0.4 is 16.0 Å². The lowest BCUT2D eigenvalue weighted by atomic mass is 9.79. The van der Waals surface area contributed by atoms with Crippen molar-refractivity contribution in [3.05, 3.63) is 35.4 Å². The summed E-state index contributed by atoms with van der Waals surface area (Å²) in [6.45, 7) is 0.870. The second kappa shape index (κ2) is 9.59.